The largest absolute Gasteiger partial charge is 0.338 e. The van der Waals surface area contributed by atoms with E-state index in [0.717, 1.165) is 19.4 Å². The summed E-state index contributed by atoms with van der Waals surface area (Å²) < 4.78 is 1.91. The molecule has 1 aromatic heterocycles. The average Bonchev–Trinajstić information content (AvgIpc) is 2.92. The fourth-order valence-corrected chi connectivity index (χ4v) is 2.84. The lowest BCUT2D eigenvalue weighted by Gasteiger charge is -2.27. The molecular weight excluding hydrogens is 252 g/mol. The number of nitrogens with one attached hydrogen (secondary N) is 2. The van der Waals surface area contributed by atoms with Gasteiger partial charge in [0.15, 0.2) is 0 Å². The smallest absolute Gasteiger partial charge is 0.315 e. The maximum absolute atomic E-state index is 11.9. The van der Waals surface area contributed by atoms with Crippen LogP contribution in [0.2, 0.25) is 0 Å². The zero-order chi connectivity index (χ0) is 14.6. The van der Waals surface area contributed by atoms with Crippen LogP contribution in [0, 0.1) is 12.3 Å². The number of carbonyl (C=O) groups excluding carboxylic acids is 1. The van der Waals surface area contributed by atoms with Gasteiger partial charge in [-0.25, -0.2) is 4.79 Å². The summed E-state index contributed by atoms with van der Waals surface area (Å²) in [5.74, 6) is 0. The Morgan fingerprint density at radius 2 is 2.35 bits per heavy atom. The van der Waals surface area contributed by atoms with Crippen molar-refractivity contribution in [1.29, 1.82) is 0 Å². The number of urea groups is 1. The Balaban J connectivity index is 1.63. The molecule has 0 spiro atoms. The summed E-state index contributed by atoms with van der Waals surface area (Å²) in [6.45, 7) is 8.00. The molecule has 0 aromatic carbocycles. The molecule has 5 nitrogen and oxygen atoms in total. The quantitative estimate of drug-likeness (QED) is 0.813. The van der Waals surface area contributed by atoms with E-state index in [0.29, 0.717) is 12.6 Å². The third kappa shape index (κ3) is 3.99. The second kappa shape index (κ2) is 6.29. The van der Waals surface area contributed by atoms with Crippen molar-refractivity contribution >= 4 is 6.03 Å². The van der Waals surface area contributed by atoms with E-state index in [-0.39, 0.29) is 11.4 Å². The summed E-state index contributed by atoms with van der Waals surface area (Å²) in [4.78, 5) is 11.9. The molecule has 0 saturated heterocycles. The van der Waals surface area contributed by atoms with Crippen LogP contribution in [0.15, 0.2) is 12.4 Å². The Bertz CT molecular complexity index is 452. The molecule has 0 radical (unpaired) electrons. The highest BCUT2D eigenvalue weighted by molar-refractivity contribution is 5.74. The van der Waals surface area contributed by atoms with Crippen LogP contribution in [0.4, 0.5) is 4.79 Å². The van der Waals surface area contributed by atoms with E-state index in [4.69, 9.17) is 0 Å². The maximum Gasteiger partial charge on any atom is 0.315 e. The number of amides is 2. The second-order valence-electron chi connectivity index (χ2n) is 6.47. The molecule has 112 valence electrons. The third-order valence-electron chi connectivity index (χ3n) is 4.17. The molecule has 0 bridgehead atoms. The van der Waals surface area contributed by atoms with E-state index < -0.39 is 0 Å². The van der Waals surface area contributed by atoms with Gasteiger partial charge in [-0.3, -0.25) is 4.68 Å². The molecule has 2 amide bonds. The third-order valence-corrected chi connectivity index (χ3v) is 4.17. The van der Waals surface area contributed by atoms with E-state index in [2.05, 4.69) is 29.6 Å². The lowest BCUT2D eigenvalue weighted by Crippen LogP contribution is -2.46. The van der Waals surface area contributed by atoms with E-state index >= 15 is 0 Å². The first-order valence-corrected chi connectivity index (χ1v) is 7.51. The van der Waals surface area contributed by atoms with Gasteiger partial charge in [0.2, 0.25) is 0 Å². The molecule has 5 heteroatoms. The van der Waals surface area contributed by atoms with Crippen molar-refractivity contribution in [2.75, 3.05) is 6.54 Å². The number of rotatable bonds is 5. The van der Waals surface area contributed by atoms with E-state index in [1.165, 1.54) is 18.4 Å². The van der Waals surface area contributed by atoms with E-state index in [1.54, 1.807) is 0 Å². The zero-order valence-electron chi connectivity index (χ0n) is 12.8. The number of aryl methyl sites for hydroxylation is 2. The van der Waals surface area contributed by atoms with Crippen LogP contribution in [0.5, 0.6) is 0 Å². The number of carbonyl (C=O) groups is 1. The molecule has 1 aliphatic rings. The van der Waals surface area contributed by atoms with Gasteiger partial charge < -0.3 is 10.6 Å². The van der Waals surface area contributed by atoms with Gasteiger partial charge in [0.25, 0.3) is 0 Å². The lowest BCUT2D eigenvalue weighted by atomic mass is 9.87. The summed E-state index contributed by atoms with van der Waals surface area (Å²) in [6.07, 6.45) is 8.24. The van der Waals surface area contributed by atoms with Crippen molar-refractivity contribution in [2.24, 2.45) is 5.41 Å². The molecule has 2 rings (SSSR count). The molecule has 1 unspecified atom stereocenters. The average molecular weight is 278 g/mol. The van der Waals surface area contributed by atoms with Crippen LogP contribution in [0.25, 0.3) is 0 Å². The van der Waals surface area contributed by atoms with Crippen LogP contribution in [0.3, 0.4) is 0 Å². The summed E-state index contributed by atoms with van der Waals surface area (Å²) in [7, 11) is 0. The Morgan fingerprint density at radius 3 is 2.95 bits per heavy atom. The highest BCUT2D eigenvalue weighted by Crippen LogP contribution is 2.36. The van der Waals surface area contributed by atoms with Crippen molar-refractivity contribution in [2.45, 2.75) is 59.0 Å². The predicted molar refractivity (Wildman–Crippen MR) is 79.5 cm³/mol. The van der Waals surface area contributed by atoms with Crippen molar-refractivity contribution in [1.82, 2.24) is 20.4 Å². The Kier molecular flexibility index (Phi) is 4.68. The minimum Gasteiger partial charge on any atom is -0.338 e. The fraction of sp³-hybridized carbons (Fsp3) is 0.733. The minimum absolute atomic E-state index is 0.0402. The van der Waals surface area contributed by atoms with Gasteiger partial charge in [0.05, 0.1) is 6.20 Å². The molecule has 1 saturated carbocycles. The number of hydrogen-bond donors (Lipinski definition) is 2. The predicted octanol–water partition coefficient (Wildman–Crippen LogP) is 2.46. The molecule has 1 heterocycles. The molecule has 1 aliphatic carbocycles. The monoisotopic (exact) mass is 278 g/mol. The first-order chi connectivity index (χ1) is 9.47. The first kappa shape index (κ1) is 14.9. The Morgan fingerprint density at radius 1 is 1.55 bits per heavy atom. The van der Waals surface area contributed by atoms with Crippen LogP contribution >= 0.6 is 0 Å². The summed E-state index contributed by atoms with van der Waals surface area (Å²) >= 11 is 0. The van der Waals surface area contributed by atoms with Crippen LogP contribution in [0.1, 0.15) is 45.1 Å². The molecule has 2 N–H and O–H groups in total. The van der Waals surface area contributed by atoms with Crippen LogP contribution < -0.4 is 10.6 Å². The maximum atomic E-state index is 11.9. The van der Waals surface area contributed by atoms with Gasteiger partial charge in [0.1, 0.15) is 0 Å². The molecule has 20 heavy (non-hydrogen) atoms. The van der Waals surface area contributed by atoms with Crippen molar-refractivity contribution in [3.63, 3.8) is 0 Å². The van der Waals surface area contributed by atoms with Crippen LogP contribution in [-0.2, 0) is 6.54 Å². The molecule has 1 fully saturated rings. The van der Waals surface area contributed by atoms with Gasteiger partial charge in [-0.15, -0.1) is 0 Å². The van der Waals surface area contributed by atoms with Crippen molar-refractivity contribution in [3.05, 3.63) is 18.0 Å². The van der Waals surface area contributed by atoms with E-state index in [9.17, 15) is 4.79 Å². The zero-order valence-corrected chi connectivity index (χ0v) is 12.8. The van der Waals surface area contributed by atoms with E-state index in [1.807, 2.05) is 24.0 Å². The van der Waals surface area contributed by atoms with Gasteiger partial charge in [-0.05, 0) is 37.2 Å². The van der Waals surface area contributed by atoms with Gasteiger partial charge >= 0.3 is 6.03 Å². The fourth-order valence-electron chi connectivity index (χ4n) is 2.84. The van der Waals surface area contributed by atoms with Gasteiger partial charge in [-0.2, -0.15) is 5.10 Å². The van der Waals surface area contributed by atoms with Gasteiger partial charge in [-0.1, -0.05) is 20.3 Å². The van der Waals surface area contributed by atoms with Crippen LogP contribution in [-0.4, -0.2) is 28.4 Å². The SMILES string of the molecule is Cc1cnn(CCCNC(=O)NC2CCCC2(C)C)c1. The number of nitrogens with zero attached hydrogens (tertiary/aromatic N) is 2. The molecule has 0 aliphatic heterocycles. The first-order valence-electron chi connectivity index (χ1n) is 7.51. The Labute approximate surface area is 121 Å². The number of aromatic nitrogens is 2. The standard InChI is InChI=1S/C15H26N4O/c1-12-10-17-19(11-12)9-5-8-16-14(20)18-13-6-4-7-15(13,2)3/h10-11,13H,4-9H2,1-3H3,(H2,16,18,20). The normalized spacial score (nSPS) is 20.9. The topological polar surface area (TPSA) is 59.0 Å². The minimum atomic E-state index is -0.0402. The highest BCUT2D eigenvalue weighted by atomic mass is 16.2. The molecule has 1 aromatic rings. The highest BCUT2D eigenvalue weighted by Gasteiger charge is 2.35. The van der Waals surface area contributed by atoms with Gasteiger partial charge in [0, 0.05) is 25.3 Å². The number of hydrogen-bond acceptors (Lipinski definition) is 2. The summed E-state index contributed by atoms with van der Waals surface area (Å²) in [5.41, 5.74) is 1.39. The Hall–Kier alpha value is -1.52. The molecule has 1 atom stereocenters. The molecular formula is C15H26N4O. The summed E-state index contributed by atoms with van der Waals surface area (Å²) in [5, 5.41) is 10.3. The lowest BCUT2D eigenvalue weighted by molar-refractivity contribution is 0.222. The van der Waals surface area contributed by atoms with Crippen molar-refractivity contribution in [3.8, 4) is 0 Å². The van der Waals surface area contributed by atoms with Crippen molar-refractivity contribution < 1.29 is 4.79 Å². The second-order valence-corrected chi connectivity index (χ2v) is 6.47. The summed E-state index contributed by atoms with van der Waals surface area (Å²) in [6, 6.07) is 0.262.